The smallest absolute Gasteiger partial charge is 0.336 e. The van der Waals surface area contributed by atoms with Crippen molar-refractivity contribution in [3.8, 4) is 0 Å². The van der Waals surface area contributed by atoms with E-state index in [0.29, 0.717) is 68.7 Å². The number of hydrogen-bond donors (Lipinski definition) is 2. The second-order valence-corrected chi connectivity index (χ2v) is 13.7. The first kappa shape index (κ1) is 30.0. The standard InChI is InChI=1S/C27H42N4O7S/c28-31-30-23-10-5-4-9-22(23)24-27(26(33)34,15-18-39(35,36)21-7-2-1-3-8-21)29-25(38-24)19-11-13-20(14-12-19)37-17-6-16-32/h19-21,24,32H,1-18H2,(H-,33,34,35,36)/t19?,20?,24-,27-/m0/s1. The Kier molecular flexibility index (Phi) is 10.4. The van der Waals surface area contributed by atoms with Gasteiger partial charge in [-0.25, -0.2) is 9.79 Å². The summed E-state index contributed by atoms with van der Waals surface area (Å²) in [6.07, 6.45) is 9.16. The fourth-order valence-electron chi connectivity index (χ4n) is 6.54. The highest BCUT2D eigenvalue weighted by atomic mass is 32.3. The van der Waals surface area contributed by atoms with Crippen LogP contribution in [0.4, 0.5) is 0 Å². The highest BCUT2D eigenvalue weighted by molar-refractivity contribution is 7.98. The molecule has 0 aromatic rings. The van der Waals surface area contributed by atoms with Crippen LogP contribution in [0.3, 0.4) is 0 Å². The number of aliphatic hydroxyl groups is 1. The van der Waals surface area contributed by atoms with E-state index in [2.05, 4.69) is 10.0 Å². The Bertz CT molecular complexity index is 1030. The van der Waals surface area contributed by atoms with Crippen molar-refractivity contribution in [2.45, 2.75) is 119 Å². The molecular weight excluding hydrogens is 524 g/mol. The van der Waals surface area contributed by atoms with Gasteiger partial charge in [-0.3, -0.25) is 0 Å². The van der Waals surface area contributed by atoms with Crippen LogP contribution >= 0.6 is 0 Å². The van der Waals surface area contributed by atoms with E-state index in [-0.39, 0.29) is 30.8 Å². The zero-order valence-electron chi connectivity index (χ0n) is 22.7. The van der Waals surface area contributed by atoms with Crippen LogP contribution in [0.1, 0.15) is 96.3 Å². The number of aliphatic imine (C=N–C) groups is 1. The molecule has 11 nitrogen and oxygen atoms in total. The minimum atomic E-state index is -3.50. The van der Waals surface area contributed by atoms with Crippen molar-refractivity contribution in [1.82, 2.24) is 0 Å². The summed E-state index contributed by atoms with van der Waals surface area (Å²) in [5, 5.41) is 23.1. The van der Waals surface area contributed by atoms with Crippen molar-refractivity contribution in [2.24, 2.45) is 16.0 Å². The molecule has 0 aromatic heterocycles. The lowest BCUT2D eigenvalue weighted by molar-refractivity contribution is -0.145. The summed E-state index contributed by atoms with van der Waals surface area (Å²) in [5.41, 5.74) is 8.51. The number of azide groups is 1. The van der Waals surface area contributed by atoms with E-state index in [0.717, 1.165) is 44.9 Å². The molecule has 2 saturated carbocycles. The van der Waals surface area contributed by atoms with Crippen LogP contribution < -0.4 is 0 Å². The maximum atomic E-state index is 13.3. The Morgan fingerprint density at radius 1 is 1.15 bits per heavy atom. The first-order chi connectivity index (χ1) is 18.8. The lowest BCUT2D eigenvalue weighted by atomic mass is 9.81. The van der Waals surface area contributed by atoms with E-state index in [9.17, 15) is 18.7 Å². The molecular formula is C27H42N4O7S. The van der Waals surface area contributed by atoms with E-state index < -0.39 is 33.1 Å². The Balaban J connectivity index is 1.60. The van der Waals surface area contributed by atoms with Crippen LogP contribution in [0.25, 0.3) is 10.4 Å². The van der Waals surface area contributed by atoms with Crippen LogP contribution in [0, 0.1) is 5.92 Å². The maximum Gasteiger partial charge on any atom is 0.336 e. The molecule has 1 aliphatic heterocycles. The molecule has 0 amide bonds. The first-order valence-electron chi connectivity index (χ1n) is 14.5. The predicted molar refractivity (Wildman–Crippen MR) is 146 cm³/mol. The molecule has 218 valence electrons. The van der Waals surface area contributed by atoms with Gasteiger partial charge in [-0.05, 0) is 94.6 Å². The van der Waals surface area contributed by atoms with Gasteiger partial charge in [0, 0.05) is 46.4 Å². The lowest BCUT2D eigenvalue weighted by Gasteiger charge is -2.34. The van der Waals surface area contributed by atoms with Gasteiger partial charge >= 0.3 is 5.97 Å². The fraction of sp³-hybridized carbons (Fsp3) is 0.852. The number of ether oxygens (including phenoxy) is 2. The number of aliphatic carboxylic acids is 1. The van der Waals surface area contributed by atoms with Gasteiger partial charge in [0.15, 0.2) is 12.0 Å². The highest BCUT2D eigenvalue weighted by Crippen LogP contribution is 2.44. The molecule has 0 spiro atoms. The fourth-order valence-corrected chi connectivity index (χ4v) is 8.52. The molecule has 1 unspecified atom stereocenters. The van der Waals surface area contributed by atoms with Gasteiger partial charge < -0.3 is 24.2 Å². The minimum absolute atomic E-state index is 0.0769. The monoisotopic (exact) mass is 566 g/mol. The van der Waals surface area contributed by atoms with Crippen molar-refractivity contribution < 1.29 is 33.2 Å². The minimum Gasteiger partial charge on any atom is -0.615 e. The third-order valence-corrected chi connectivity index (χ3v) is 11.1. The van der Waals surface area contributed by atoms with Crippen LogP contribution in [0.2, 0.25) is 0 Å². The van der Waals surface area contributed by atoms with Gasteiger partial charge in [0.25, 0.3) is 0 Å². The summed E-state index contributed by atoms with van der Waals surface area (Å²) < 4.78 is 38.8. The number of aliphatic hydroxyl groups excluding tert-OH is 1. The number of carbonyl (C=O) groups is 1. The van der Waals surface area contributed by atoms with Gasteiger partial charge in [0.05, 0.1) is 6.10 Å². The van der Waals surface area contributed by atoms with Crippen molar-refractivity contribution >= 4 is 22.1 Å². The van der Waals surface area contributed by atoms with Crippen LogP contribution in [0.5, 0.6) is 0 Å². The van der Waals surface area contributed by atoms with Gasteiger partial charge in [-0.2, -0.15) is 0 Å². The number of hydrogen-bond acceptors (Lipinski definition) is 8. The molecule has 4 rings (SSSR count). The molecule has 39 heavy (non-hydrogen) atoms. The molecule has 0 aromatic carbocycles. The number of sulfone groups is 1. The molecule has 2 fully saturated rings. The third kappa shape index (κ3) is 7.03. The largest absolute Gasteiger partial charge is 0.615 e. The van der Waals surface area contributed by atoms with E-state index in [1.807, 2.05) is 0 Å². The average molecular weight is 567 g/mol. The topological polar surface area (TPSA) is 177 Å². The number of carboxylic acid groups (broad SMARTS) is 1. The lowest BCUT2D eigenvalue weighted by Crippen LogP contribution is -2.49. The Hall–Kier alpha value is -1.98. The normalized spacial score (nSPS) is 31.6. The second kappa shape index (κ2) is 13.6. The molecule has 1 heterocycles. The Morgan fingerprint density at radius 2 is 1.87 bits per heavy atom. The summed E-state index contributed by atoms with van der Waals surface area (Å²) >= 11 is 0. The van der Waals surface area contributed by atoms with Crippen molar-refractivity contribution in [3.05, 3.63) is 21.7 Å². The molecule has 0 saturated heterocycles. The van der Waals surface area contributed by atoms with E-state index in [1.54, 1.807) is 0 Å². The Morgan fingerprint density at radius 3 is 2.54 bits per heavy atom. The highest BCUT2D eigenvalue weighted by Gasteiger charge is 2.56. The predicted octanol–water partition coefficient (Wildman–Crippen LogP) is 5.06. The molecule has 3 aliphatic carbocycles. The molecule has 4 aliphatic rings. The summed E-state index contributed by atoms with van der Waals surface area (Å²) in [6, 6.07) is 0. The van der Waals surface area contributed by atoms with Gasteiger partial charge in [0.1, 0.15) is 11.0 Å². The SMILES string of the molecule is [N-]=[N+]=NC1=C([C@@H]2OC(C3CCC(OCCCO)CC3)=N[C@]2(CC[S+](=O)([O-])C2CCCCC2)C(=O)O)CCCC1. The van der Waals surface area contributed by atoms with E-state index in [4.69, 9.17) is 25.1 Å². The van der Waals surface area contributed by atoms with Crippen molar-refractivity contribution in [1.29, 1.82) is 0 Å². The number of carboxylic acids is 1. The quantitative estimate of drug-likeness (QED) is 0.109. The Labute approximate surface area is 231 Å². The maximum absolute atomic E-state index is 13.3. The van der Waals surface area contributed by atoms with Gasteiger partial charge in [-0.1, -0.05) is 11.5 Å². The summed E-state index contributed by atoms with van der Waals surface area (Å²) in [5.74, 6) is -1.20. The number of nitrogens with zero attached hydrogens (tertiary/aromatic N) is 4. The molecule has 12 heteroatoms. The zero-order chi connectivity index (χ0) is 27.9. The summed E-state index contributed by atoms with van der Waals surface area (Å²) in [4.78, 5) is 20.7. The second-order valence-electron chi connectivity index (χ2n) is 11.3. The zero-order valence-corrected chi connectivity index (χ0v) is 23.5. The van der Waals surface area contributed by atoms with Crippen LogP contribution in [-0.4, -0.2) is 68.6 Å². The van der Waals surface area contributed by atoms with Crippen LogP contribution in [0.15, 0.2) is 21.4 Å². The van der Waals surface area contributed by atoms with Crippen molar-refractivity contribution in [2.75, 3.05) is 19.0 Å². The van der Waals surface area contributed by atoms with Gasteiger partial charge in [0.2, 0.25) is 5.54 Å². The molecule has 0 bridgehead atoms. The number of allylic oxidation sites excluding steroid dienone is 1. The van der Waals surface area contributed by atoms with Gasteiger partial charge in [-0.15, -0.1) is 4.21 Å². The molecule has 2 N–H and O–H groups in total. The molecule has 0 radical (unpaired) electrons. The molecule has 3 atom stereocenters. The third-order valence-electron chi connectivity index (χ3n) is 8.82. The van der Waals surface area contributed by atoms with Crippen LogP contribution in [-0.2, 0) is 28.7 Å². The van der Waals surface area contributed by atoms with E-state index >= 15 is 0 Å². The van der Waals surface area contributed by atoms with Crippen molar-refractivity contribution in [3.63, 3.8) is 0 Å². The summed E-state index contributed by atoms with van der Waals surface area (Å²) in [6.45, 7) is 0.585. The first-order valence-corrected chi connectivity index (χ1v) is 16.2. The number of rotatable bonds is 12. The summed E-state index contributed by atoms with van der Waals surface area (Å²) in [7, 11) is -3.50. The average Bonchev–Trinajstić information content (AvgIpc) is 3.34. The van der Waals surface area contributed by atoms with E-state index in [1.165, 1.54) is 0 Å².